The molecule has 0 unspecified atom stereocenters. The zero-order chi connectivity index (χ0) is 12.7. The molecule has 0 radical (unpaired) electrons. The van der Waals surface area contributed by atoms with Crippen LogP contribution in [0.1, 0.15) is 18.2 Å². The fourth-order valence-electron chi connectivity index (χ4n) is 1.53. The molecule has 88 valence electrons. The Morgan fingerprint density at radius 3 is 2.71 bits per heavy atom. The minimum absolute atomic E-state index is 0.545. The first kappa shape index (κ1) is 13.0. The number of rotatable bonds is 4. The number of hydrogen-bond acceptors (Lipinski definition) is 2. The van der Waals surface area contributed by atoms with Crippen molar-refractivity contribution in [3.05, 3.63) is 66.4 Å². The largest absolute Gasteiger partial charge is 0.384 e. The second-order valence-corrected chi connectivity index (χ2v) is 3.66. The fraction of sp³-hybridized carbons (Fsp3) is 0.133. The quantitative estimate of drug-likeness (QED) is 0.795. The van der Waals surface area contributed by atoms with E-state index in [0.717, 1.165) is 16.8 Å². The van der Waals surface area contributed by atoms with E-state index in [1.54, 1.807) is 6.08 Å². The highest BCUT2D eigenvalue weighted by Crippen LogP contribution is 2.19. The Balaban J connectivity index is 3.17. The summed E-state index contributed by atoms with van der Waals surface area (Å²) in [5.41, 5.74) is 8.84. The normalized spacial score (nSPS) is 12.5. The van der Waals surface area contributed by atoms with Gasteiger partial charge in [0.05, 0.1) is 0 Å². The number of aryl methyl sites for hydroxylation is 1. The molecule has 1 aromatic rings. The number of pyridine rings is 1. The van der Waals surface area contributed by atoms with E-state index in [0.29, 0.717) is 5.82 Å². The van der Waals surface area contributed by atoms with E-state index < -0.39 is 0 Å². The van der Waals surface area contributed by atoms with Gasteiger partial charge < -0.3 is 5.73 Å². The molecule has 2 heteroatoms. The Morgan fingerprint density at radius 1 is 1.35 bits per heavy atom. The van der Waals surface area contributed by atoms with Crippen LogP contribution in [0.4, 0.5) is 5.82 Å². The fourth-order valence-corrected chi connectivity index (χ4v) is 1.53. The first-order valence-electron chi connectivity index (χ1n) is 5.54. The Morgan fingerprint density at radius 2 is 2.12 bits per heavy atom. The third-order valence-corrected chi connectivity index (χ3v) is 2.18. The predicted octanol–water partition coefficient (Wildman–Crippen LogP) is 3.67. The molecule has 1 rings (SSSR count). The molecule has 1 heterocycles. The number of allylic oxidation sites excluding steroid dienone is 7. The van der Waals surface area contributed by atoms with Gasteiger partial charge in [0.2, 0.25) is 0 Å². The smallest absolute Gasteiger partial charge is 0.124 e. The van der Waals surface area contributed by atoms with Crippen molar-refractivity contribution in [1.82, 2.24) is 4.98 Å². The maximum absolute atomic E-state index is 5.75. The van der Waals surface area contributed by atoms with Gasteiger partial charge in [-0.15, -0.1) is 0 Å². The summed E-state index contributed by atoms with van der Waals surface area (Å²) >= 11 is 0. The van der Waals surface area contributed by atoms with Crippen LogP contribution in [0.15, 0.2) is 55.2 Å². The van der Waals surface area contributed by atoms with E-state index >= 15 is 0 Å². The minimum atomic E-state index is 0.545. The summed E-state index contributed by atoms with van der Waals surface area (Å²) in [5, 5.41) is 0. The van der Waals surface area contributed by atoms with Gasteiger partial charge >= 0.3 is 0 Å². The Hall–Kier alpha value is -2.09. The summed E-state index contributed by atoms with van der Waals surface area (Å²) in [6.07, 6.45) is 11.7. The molecule has 0 atom stereocenters. The maximum atomic E-state index is 5.75. The van der Waals surface area contributed by atoms with Gasteiger partial charge in [-0.25, -0.2) is 4.98 Å². The van der Waals surface area contributed by atoms with Crippen molar-refractivity contribution in [3.8, 4) is 0 Å². The highest BCUT2D eigenvalue weighted by molar-refractivity contribution is 5.76. The van der Waals surface area contributed by atoms with Crippen LogP contribution < -0.4 is 5.73 Å². The van der Waals surface area contributed by atoms with Crippen LogP contribution in [0.25, 0.3) is 5.57 Å². The number of nitrogens with two attached hydrogens (primary N) is 1. The lowest BCUT2D eigenvalue weighted by atomic mass is 10.0. The zero-order valence-electron chi connectivity index (χ0n) is 10.4. The van der Waals surface area contributed by atoms with Crippen molar-refractivity contribution < 1.29 is 0 Å². The summed E-state index contributed by atoms with van der Waals surface area (Å²) in [6.45, 7) is 7.57. The van der Waals surface area contributed by atoms with Gasteiger partial charge in [-0.1, -0.05) is 43.0 Å². The van der Waals surface area contributed by atoms with Gasteiger partial charge in [-0.05, 0) is 37.1 Å². The summed E-state index contributed by atoms with van der Waals surface area (Å²) in [4.78, 5) is 4.17. The standard InChI is InChI=1S/C15H18N2/c1-4-6-7-9-13(8-5-2)14-10-12(3)17-15(16)11-14/h4-11H,1H2,2-3H3,(H2,16,17)/b7-6+,8-5-,13-9+. The molecule has 0 aliphatic carbocycles. The van der Waals surface area contributed by atoms with Crippen molar-refractivity contribution in [2.45, 2.75) is 13.8 Å². The highest BCUT2D eigenvalue weighted by atomic mass is 14.8. The van der Waals surface area contributed by atoms with Crippen LogP contribution in [0.2, 0.25) is 0 Å². The van der Waals surface area contributed by atoms with E-state index in [2.05, 4.69) is 11.6 Å². The van der Waals surface area contributed by atoms with Crippen LogP contribution in [-0.4, -0.2) is 4.98 Å². The molecule has 2 nitrogen and oxygen atoms in total. The molecule has 0 aromatic carbocycles. The summed E-state index contributed by atoms with van der Waals surface area (Å²) in [7, 11) is 0. The average molecular weight is 226 g/mol. The third kappa shape index (κ3) is 4.11. The lowest BCUT2D eigenvalue weighted by Crippen LogP contribution is -1.94. The molecule has 2 N–H and O–H groups in total. The number of anilines is 1. The Bertz CT molecular complexity index is 459. The van der Waals surface area contributed by atoms with Gasteiger partial charge in [-0.2, -0.15) is 0 Å². The van der Waals surface area contributed by atoms with E-state index in [9.17, 15) is 0 Å². The van der Waals surface area contributed by atoms with Crippen molar-refractivity contribution >= 4 is 11.4 Å². The topological polar surface area (TPSA) is 38.9 Å². The van der Waals surface area contributed by atoms with E-state index in [-0.39, 0.29) is 0 Å². The summed E-state index contributed by atoms with van der Waals surface area (Å²) in [5.74, 6) is 0.545. The summed E-state index contributed by atoms with van der Waals surface area (Å²) in [6, 6.07) is 3.89. The molecule has 0 saturated carbocycles. The monoisotopic (exact) mass is 226 g/mol. The molecule has 0 fully saturated rings. The summed E-state index contributed by atoms with van der Waals surface area (Å²) < 4.78 is 0. The van der Waals surface area contributed by atoms with Crippen molar-refractivity contribution in [2.75, 3.05) is 5.73 Å². The van der Waals surface area contributed by atoms with Gasteiger partial charge in [0, 0.05) is 5.69 Å². The number of aromatic nitrogens is 1. The molecular formula is C15H18N2. The molecule has 0 bridgehead atoms. The first-order valence-corrected chi connectivity index (χ1v) is 5.54. The van der Waals surface area contributed by atoms with Crippen molar-refractivity contribution in [3.63, 3.8) is 0 Å². The number of nitrogens with zero attached hydrogens (tertiary/aromatic N) is 1. The molecule has 0 saturated heterocycles. The number of hydrogen-bond donors (Lipinski definition) is 1. The van der Waals surface area contributed by atoms with E-state index in [1.165, 1.54) is 0 Å². The van der Waals surface area contributed by atoms with Gasteiger partial charge in [0.1, 0.15) is 5.82 Å². The number of nitrogen functional groups attached to an aromatic ring is 1. The van der Waals surface area contributed by atoms with Crippen LogP contribution in [0.3, 0.4) is 0 Å². The molecule has 0 aliphatic heterocycles. The molecular weight excluding hydrogens is 208 g/mol. The van der Waals surface area contributed by atoms with Crippen LogP contribution >= 0.6 is 0 Å². The second-order valence-electron chi connectivity index (χ2n) is 3.66. The average Bonchev–Trinajstić information content (AvgIpc) is 2.27. The molecule has 1 aromatic heterocycles. The SMILES string of the molecule is C=C/C=C/C=C(\C=C/C)c1cc(C)nc(N)c1. The molecule has 17 heavy (non-hydrogen) atoms. The predicted molar refractivity (Wildman–Crippen MR) is 75.5 cm³/mol. The minimum Gasteiger partial charge on any atom is -0.384 e. The molecule has 0 spiro atoms. The van der Waals surface area contributed by atoms with Crippen molar-refractivity contribution in [2.24, 2.45) is 0 Å². The first-order chi connectivity index (χ1) is 8.17. The van der Waals surface area contributed by atoms with Crippen LogP contribution in [-0.2, 0) is 0 Å². The lowest BCUT2D eigenvalue weighted by molar-refractivity contribution is 1.20. The van der Waals surface area contributed by atoms with Crippen LogP contribution in [0, 0.1) is 6.92 Å². The zero-order valence-corrected chi connectivity index (χ0v) is 10.4. The van der Waals surface area contributed by atoms with Gasteiger partial charge in [0.25, 0.3) is 0 Å². The molecule has 0 amide bonds. The van der Waals surface area contributed by atoms with E-state index in [1.807, 2.05) is 56.4 Å². The van der Waals surface area contributed by atoms with Crippen LogP contribution in [0.5, 0.6) is 0 Å². The van der Waals surface area contributed by atoms with Gasteiger partial charge in [0.15, 0.2) is 0 Å². The lowest BCUT2D eigenvalue weighted by Gasteiger charge is -2.04. The Labute approximate surface area is 103 Å². The van der Waals surface area contributed by atoms with Crippen molar-refractivity contribution in [1.29, 1.82) is 0 Å². The highest BCUT2D eigenvalue weighted by Gasteiger charge is 2.00. The molecule has 0 aliphatic rings. The maximum Gasteiger partial charge on any atom is 0.124 e. The Kier molecular flexibility index (Phi) is 4.95. The second kappa shape index (κ2) is 6.48. The third-order valence-electron chi connectivity index (χ3n) is 2.18. The van der Waals surface area contributed by atoms with E-state index in [4.69, 9.17) is 5.73 Å². The van der Waals surface area contributed by atoms with Gasteiger partial charge in [-0.3, -0.25) is 0 Å².